The summed E-state index contributed by atoms with van der Waals surface area (Å²) < 4.78 is 33.9. The van der Waals surface area contributed by atoms with Crippen LogP contribution >= 0.6 is 0 Å². The summed E-state index contributed by atoms with van der Waals surface area (Å²) in [6.07, 6.45) is 2.44. The Bertz CT molecular complexity index is 848. The van der Waals surface area contributed by atoms with Crippen molar-refractivity contribution in [3.63, 3.8) is 0 Å². The van der Waals surface area contributed by atoms with Crippen LogP contribution in [0, 0.1) is 5.41 Å². The monoisotopic (exact) mass is 379 g/mol. The van der Waals surface area contributed by atoms with E-state index in [-0.39, 0.29) is 23.8 Å². The predicted molar refractivity (Wildman–Crippen MR) is 99.3 cm³/mol. The largest absolute Gasteiger partial charge is 0.380 e. The first-order valence-electron chi connectivity index (χ1n) is 9.50. The van der Waals surface area contributed by atoms with Gasteiger partial charge in [0, 0.05) is 36.9 Å². The molecule has 0 radical (unpaired) electrons. The van der Waals surface area contributed by atoms with Crippen LogP contribution in [0.5, 0.6) is 0 Å². The summed E-state index contributed by atoms with van der Waals surface area (Å²) in [5, 5.41) is 0. The highest BCUT2D eigenvalue weighted by Gasteiger charge is 2.45. The molecule has 1 spiro atoms. The number of hydrogen-bond acceptors (Lipinski definition) is 5. The molecule has 4 rings (SSSR count). The van der Waals surface area contributed by atoms with Crippen LogP contribution in [0.15, 0.2) is 6.33 Å². The highest BCUT2D eigenvalue weighted by atomic mass is 19.3. The normalized spacial score (nSPS) is 19.9. The minimum absolute atomic E-state index is 0.178. The van der Waals surface area contributed by atoms with Crippen LogP contribution in [0.4, 0.5) is 14.6 Å². The zero-order valence-corrected chi connectivity index (χ0v) is 16.4. The number of hydrogen-bond donors (Lipinski definition) is 0. The quantitative estimate of drug-likeness (QED) is 0.815. The highest BCUT2D eigenvalue weighted by Crippen LogP contribution is 2.40. The molecule has 0 aromatic carbocycles. The summed E-state index contributed by atoms with van der Waals surface area (Å²) in [6.45, 7) is 10.7. The highest BCUT2D eigenvalue weighted by molar-refractivity contribution is 5.84. The van der Waals surface area contributed by atoms with Gasteiger partial charge in [-0.05, 0) is 13.3 Å². The van der Waals surface area contributed by atoms with E-state index in [0.29, 0.717) is 17.0 Å². The predicted octanol–water partition coefficient (Wildman–Crippen LogP) is 3.40. The number of aryl methyl sites for hydroxylation is 1. The molecule has 2 aromatic heterocycles. The fourth-order valence-corrected chi connectivity index (χ4v) is 3.71. The minimum Gasteiger partial charge on any atom is -0.380 e. The van der Waals surface area contributed by atoms with Crippen LogP contribution in [0.3, 0.4) is 0 Å². The molecule has 0 unspecified atom stereocenters. The van der Waals surface area contributed by atoms with E-state index in [1.807, 2.05) is 0 Å². The Balaban J connectivity index is 1.74. The van der Waals surface area contributed by atoms with Crippen LogP contribution in [0.2, 0.25) is 0 Å². The molecule has 0 amide bonds. The fourth-order valence-electron chi connectivity index (χ4n) is 3.71. The third-order valence-corrected chi connectivity index (χ3v) is 5.46. The Kier molecular flexibility index (Phi) is 4.18. The van der Waals surface area contributed by atoms with Gasteiger partial charge in [0.2, 0.25) is 5.92 Å². The number of nitrogens with zero attached hydrogens (tertiary/aromatic N) is 5. The third-order valence-electron chi connectivity index (χ3n) is 5.46. The second-order valence-corrected chi connectivity index (χ2v) is 9.22. The maximum absolute atomic E-state index is 13.4. The van der Waals surface area contributed by atoms with Crippen LogP contribution < -0.4 is 4.90 Å². The van der Waals surface area contributed by atoms with Crippen molar-refractivity contribution in [2.24, 2.45) is 5.41 Å². The van der Waals surface area contributed by atoms with Gasteiger partial charge in [0.15, 0.2) is 17.0 Å². The number of alkyl halides is 2. The molecule has 148 valence electrons. The number of anilines is 1. The lowest BCUT2D eigenvalue weighted by atomic mass is 9.85. The zero-order valence-electron chi connectivity index (χ0n) is 16.4. The van der Waals surface area contributed by atoms with E-state index in [1.54, 1.807) is 10.9 Å². The van der Waals surface area contributed by atoms with Gasteiger partial charge in [0.1, 0.15) is 5.82 Å². The molecule has 0 bridgehead atoms. The third kappa shape index (κ3) is 3.51. The van der Waals surface area contributed by atoms with Gasteiger partial charge in [-0.1, -0.05) is 20.8 Å². The molecule has 0 N–H and O–H groups in total. The Morgan fingerprint density at radius 3 is 2.48 bits per heavy atom. The molecule has 0 saturated carbocycles. The number of ether oxygens (including phenoxy) is 1. The standard InChI is InChI=1S/C19H27F2N5O/c1-17(2,3)16-23-14(25-8-6-19(9-25)10-27-11-19)13-15(24-16)26(12-22-13)7-5-18(4,20)21/h12H,5-11H2,1-4H3. The molecule has 2 aliphatic heterocycles. The first-order valence-corrected chi connectivity index (χ1v) is 9.50. The number of fused-ring (bicyclic) bond motifs is 1. The van der Waals surface area contributed by atoms with Crippen molar-refractivity contribution in [1.29, 1.82) is 0 Å². The number of rotatable bonds is 4. The molecule has 8 heteroatoms. The van der Waals surface area contributed by atoms with Gasteiger partial charge in [-0.15, -0.1) is 0 Å². The molecule has 0 atom stereocenters. The maximum Gasteiger partial charge on any atom is 0.247 e. The van der Waals surface area contributed by atoms with Crippen molar-refractivity contribution in [3.05, 3.63) is 12.2 Å². The zero-order chi connectivity index (χ0) is 19.4. The lowest BCUT2D eigenvalue weighted by Gasteiger charge is -2.37. The van der Waals surface area contributed by atoms with Gasteiger partial charge in [-0.2, -0.15) is 0 Å². The molecule has 6 nitrogen and oxygen atoms in total. The maximum atomic E-state index is 13.4. The molecule has 2 aromatic rings. The molecule has 0 aliphatic carbocycles. The average Bonchev–Trinajstić information content (AvgIpc) is 3.15. The fraction of sp³-hybridized carbons (Fsp3) is 0.737. The topological polar surface area (TPSA) is 56.1 Å². The van der Waals surface area contributed by atoms with Crippen LogP contribution in [0.1, 0.15) is 46.4 Å². The van der Waals surface area contributed by atoms with Crippen molar-refractivity contribution in [2.45, 2.75) is 58.4 Å². The number of halogens is 2. The smallest absolute Gasteiger partial charge is 0.247 e. The molecular weight excluding hydrogens is 352 g/mol. The Morgan fingerprint density at radius 1 is 1.19 bits per heavy atom. The van der Waals surface area contributed by atoms with Crippen LogP contribution in [0.25, 0.3) is 11.2 Å². The molecule has 27 heavy (non-hydrogen) atoms. The van der Waals surface area contributed by atoms with E-state index in [9.17, 15) is 8.78 Å². The van der Waals surface area contributed by atoms with E-state index in [0.717, 1.165) is 45.5 Å². The molecule has 2 saturated heterocycles. The summed E-state index contributed by atoms with van der Waals surface area (Å²) >= 11 is 0. The second kappa shape index (κ2) is 6.09. The van der Waals surface area contributed by atoms with Crippen molar-refractivity contribution < 1.29 is 13.5 Å². The van der Waals surface area contributed by atoms with E-state index < -0.39 is 5.92 Å². The van der Waals surface area contributed by atoms with E-state index in [1.165, 1.54) is 0 Å². The van der Waals surface area contributed by atoms with Gasteiger partial charge in [-0.3, -0.25) is 0 Å². The van der Waals surface area contributed by atoms with Gasteiger partial charge in [-0.25, -0.2) is 23.7 Å². The number of aromatic nitrogens is 4. The molecule has 4 heterocycles. The van der Waals surface area contributed by atoms with Gasteiger partial charge < -0.3 is 14.2 Å². The second-order valence-electron chi connectivity index (χ2n) is 9.22. The number of imidazole rings is 1. The first-order chi connectivity index (χ1) is 12.6. The SMILES string of the molecule is CC(F)(F)CCn1cnc2c(N3CCC4(COC4)C3)nc(C(C)(C)C)nc21. The molecule has 2 aliphatic rings. The van der Waals surface area contributed by atoms with Gasteiger partial charge >= 0.3 is 0 Å². The summed E-state index contributed by atoms with van der Waals surface area (Å²) in [4.78, 5) is 16.3. The average molecular weight is 379 g/mol. The lowest BCUT2D eigenvalue weighted by molar-refractivity contribution is -0.0985. The summed E-state index contributed by atoms with van der Waals surface area (Å²) in [5.74, 6) is -1.19. The lowest BCUT2D eigenvalue weighted by Crippen LogP contribution is -2.44. The summed E-state index contributed by atoms with van der Waals surface area (Å²) in [5.41, 5.74) is 1.31. The Hall–Kier alpha value is -1.83. The van der Waals surface area contributed by atoms with Crippen LogP contribution in [-0.4, -0.2) is 51.7 Å². The molecule has 2 fully saturated rings. The minimum atomic E-state index is -2.72. The van der Waals surface area contributed by atoms with Gasteiger partial charge in [0.25, 0.3) is 0 Å². The van der Waals surface area contributed by atoms with Crippen molar-refractivity contribution in [1.82, 2.24) is 19.5 Å². The van der Waals surface area contributed by atoms with E-state index in [2.05, 4.69) is 30.7 Å². The molecular formula is C19H27F2N5O. The van der Waals surface area contributed by atoms with Gasteiger partial charge in [0.05, 0.1) is 19.5 Å². The Labute approximate surface area is 157 Å². The van der Waals surface area contributed by atoms with Crippen molar-refractivity contribution >= 4 is 17.0 Å². The van der Waals surface area contributed by atoms with Crippen LogP contribution in [-0.2, 0) is 16.7 Å². The Morgan fingerprint density at radius 2 is 1.93 bits per heavy atom. The van der Waals surface area contributed by atoms with Crippen molar-refractivity contribution in [2.75, 3.05) is 31.2 Å². The van der Waals surface area contributed by atoms with Crippen molar-refractivity contribution in [3.8, 4) is 0 Å². The van der Waals surface area contributed by atoms with E-state index in [4.69, 9.17) is 14.7 Å². The summed E-state index contributed by atoms with van der Waals surface area (Å²) in [7, 11) is 0. The summed E-state index contributed by atoms with van der Waals surface area (Å²) in [6, 6.07) is 0. The van der Waals surface area contributed by atoms with E-state index >= 15 is 0 Å². The first kappa shape index (κ1) is 18.5.